The molecule has 56 valence electrons. The van der Waals surface area contributed by atoms with Crippen LogP contribution in [0.2, 0.25) is 0 Å². The minimum Gasteiger partial charge on any atom is -0.0984 e. The first kappa shape index (κ1) is 8.53. The second-order valence-electron chi connectivity index (χ2n) is 2.13. The maximum absolute atomic E-state index is 3.74. The van der Waals surface area contributed by atoms with Gasteiger partial charge in [0.2, 0.25) is 0 Å². The smallest absolute Gasteiger partial charge is 0.0129 e. The van der Waals surface area contributed by atoms with Crippen molar-refractivity contribution >= 4 is 28.2 Å². The van der Waals surface area contributed by atoms with Gasteiger partial charge in [-0.1, -0.05) is 65.6 Å². The van der Waals surface area contributed by atoms with Crippen molar-refractivity contribution < 1.29 is 0 Å². The van der Waals surface area contributed by atoms with Crippen LogP contribution < -0.4 is 0 Å². The molecule has 0 aliphatic heterocycles. The van der Waals surface area contributed by atoms with Crippen LogP contribution in [0.4, 0.5) is 0 Å². The first-order valence-corrected chi connectivity index (χ1v) is 4.61. The van der Waals surface area contributed by atoms with Crippen molar-refractivity contribution in [1.29, 1.82) is 0 Å². The summed E-state index contributed by atoms with van der Waals surface area (Å²) in [5.74, 6) is 0. The number of benzene rings is 1. The molecule has 0 spiro atoms. The standard InChI is InChI=1S/C10H9I/c1-2-9(8-11)10-6-4-3-5-7-10/h2-8H,1H2/b9-8-. The summed E-state index contributed by atoms with van der Waals surface area (Å²) in [6.45, 7) is 3.74. The van der Waals surface area contributed by atoms with Gasteiger partial charge >= 0.3 is 0 Å². The molecule has 0 fully saturated rings. The van der Waals surface area contributed by atoms with Crippen LogP contribution in [-0.4, -0.2) is 0 Å². The maximum Gasteiger partial charge on any atom is -0.0129 e. The van der Waals surface area contributed by atoms with Crippen molar-refractivity contribution in [1.82, 2.24) is 0 Å². The SMILES string of the molecule is C=C/C(=C/I)c1ccccc1. The Morgan fingerprint density at radius 3 is 2.36 bits per heavy atom. The predicted octanol–water partition coefficient (Wildman–Crippen LogP) is 3.65. The number of hydrogen-bond donors (Lipinski definition) is 0. The quantitative estimate of drug-likeness (QED) is 0.559. The third-order valence-corrected chi connectivity index (χ3v) is 2.12. The zero-order valence-corrected chi connectivity index (χ0v) is 8.28. The summed E-state index contributed by atoms with van der Waals surface area (Å²) in [6.07, 6.45) is 1.86. The second kappa shape index (κ2) is 4.34. The molecular formula is C10H9I. The zero-order valence-electron chi connectivity index (χ0n) is 6.13. The molecule has 0 heterocycles. The maximum atomic E-state index is 3.74. The second-order valence-corrected chi connectivity index (χ2v) is 2.76. The van der Waals surface area contributed by atoms with Crippen LogP contribution >= 0.6 is 22.6 Å². The van der Waals surface area contributed by atoms with E-state index in [1.807, 2.05) is 28.4 Å². The van der Waals surface area contributed by atoms with Crippen LogP contribution in [-0.2, 0) is 0 Å². The van der Waals surface area contributed by atoms with E-state index < -0.39 is 0 Å². The van der Waals surface area contributed by atoms with E-state index in [9.17, 15) is 0 Å². The Balaban J connectivity index is 3.01. The summed E-state index contributed by atoms with van der Waals surface area (Å²) in [6, 6.07) is 10.2. The van der Waals surface area contributed by atoms with Gasteiger partial charge < -0.3 is 0 Å². The molecule has 1 aromatic rings. The Morgan fingerprint density at radius 1 is 1.27 bits per heavy atom. The van der Waals surface area contributed by atoms with Gasteiger partial charge in [-0.05, 0) is 15.2 Å². The molecular weight excluding hydrogens is 247 g/mol. The van der Waals surface area contributed by atoms with Gasteiger partial charge in [0.25, 0.3) is 0 Å². The molecule has 0 bridgehead atoms. The predicted molar refractivity (Wildman–Crippen MR) is 58.6 cm³/mol. The topological polar surface area (TPSA) is 0 Å². The van der Waals surface area contributed by atoms with Crippen molar-refractivity contribution in [3.63, 3.8) is 0 Å². The number of rotatable bonds is 2. The molecule has 0 N–H and O–H groups in total. The summed E-state index contributed by atoms with van der Waals surface area (Å²) in [5, 5.41) is 0. The van der Waals surface area contributed by atoms with Crippen LogP contribution in [0.5, 0.6) is 0 Å². The summed E-state index contributed by atoms with van der Waals surface area (Å²) in [7, 11) is 0. The van der Waals surface area contributed by atoms with Crippen molar-refractivity contribution in [2.75, 3.05) is 0 Å². The zero-order chi connectivity index (χ0) is 8.10. The van der Waals surface area contributed by atoms with Crippen LogP contribution in [0, 0.1) is 0 Å². The van der Waals surface area contributed by atoms with E-state index >= 15 is 0 Å². The van der Waals surface area contributed by atoms with Crippen molar-refractivity contribution in [2.24, 2.45) is 0 Å². The summed E-state index contributed by atoms with van der Waals surface area (Å²) >= 11 is 2.22. The van der Waals surface area contributed by atoms with Crippen molar-refractivity contribution in [3.8, 4) is 0 Å². The summed E-state index contributed by atoms with van der Waals surface area (Å²) in [5.41, 5.74) is 2.39. The lowest BCUT2D eigenvalue weighted by atomic mass is 10.1. The average Bonchev–Trinajstić information content (AvgIpc) is 2.09. The molecule has 0 radical (unpaired) electrons. The molecule has 11 heavy (non-hydrogen) atoms. The number of allylic oxidation sites excluding steroid dienone is 2. The molecule has 0 unspecified atom stereocenters. The Bertz CT molecular complexity index is 259. The highest BCUT2D eigenvalue weighted by atomic mass is 127. The third kappa shape index (κ3) is 2.19. The van der Waals surface area contributed by atoms with Crippen LogP contribution in [0.25, 0.3) is 5.57 Å². The van der Waals surface area contributed by atoms with Crippen LogP contribution in [0.1, 0.15) is 5.56 Å². The summed E-state index contributed by atoms with van der Waals surface area (Å²) < 4.78 is 2.03. The van der Waals surface area contributed by atoms with Gasteiger partial charge in [-0.15, -0.1) is 0 Å². The first-order chi connectivity index (χ1) is 5.38. The van der Waals surface area contributed by atoms with E-state index in [0.29, 0.717) is 0 Å². The minimum absolute atomic E-state index is 1.17. The molecule has 0 nitrogen and oxygen atoms in total. The molecule has 0 aliphatic rings. The molecule has 0 amide bonds. The van der Waals surface area contributed by atoms with Gasteiger partial charge in [0.15, 0.2) is 0 Å². The Hall–Kier alpha value is -0.570. The van der Waals surface area contributed by atoms with Crippen LogP contribution in [0.3, 0.4) is 0 Å². The highest BCUT2D eigenvalue weighted by molar-refractivity contribution is 14.1. The Labute approximate surface area is 80.8 Å². The average molecular weight is 256 g/mol. The van der Waals surface area contributed by atoms with E-state index in [4.69, 9.17) is 0 Å². The fourth-order valence-corrected chi connectivity index (χ4v) is 1.47. The molecule has 1 rings (SSSR count). The number of hydrogen-bond acceptors (Lipinski definition) is 0. The first-order valence-electron chi connectivity index (χ1n) is 3.36. The lowest BCUT2D eigenvalue weighted by molar-refractivity contribution is 1.63. The van der Waals surface area contributed by atoms with Gasteiger partial charge in [0.05, 0.1) is 0 Å². The summed E-state index contributed by atoms with van der Waals surface area (Å²) in [4.78, 5) is 0. The Kier molecular flexibility index (Phi) is 3.36. The van der Waals surface area contributed by atoms with E-state index in [-0.39, 0.29) is 0 Å². The van der Waals surface area contributed by atoms with E-state index in [0.717, 1.165) is 0 Å². The van der Waals surface area contributed by atoms with E-state index in [1.165, 1.54) is 11.1 Å². The number of halogens is 1. The molecule has 1 aromatic carbocycles. The van der Waals surface area contributed by atoms with Gasteiger partial charge in [0, 0.05) is 0 Å². The lowest BCUT2D eigenvalue weighted by Crippen LogP contribution is -1.76. The minimum atomic E-state index is 1.17. The van der Waals surface area contributed by atoms with Gasteiger partial charge in [-0.2, -0.15) is 0 Å². The molecule has 0 aromatic heterocycles. The molecule has 0 saturated heterocycles. The Morgan fingerprint density at radius 2 is 1.91 bits per heavy atom. The van der Waals surface area contributed by atoms with Crippen molar-refractivity contribution in [3.05, 3.63) is 52.6 Å². The highest BCUT2D eigenvalue weighted by Crippen LogP contribution is 2.15. The van der Waals surface area contributed by atoms with Gasteiger partial charge in [0.1, 0.15) is 0 Å². The molecule has 0 saturated carbocycles. The van der Waals surface area contributed by atoms with Crippen LogP contribution in [0.15, 0.2) is 47.1 Å². The molecule has 1 heteroatoms. The van der Waals surface area contributed by atoms with Gasteiger partial charge in [-0.25, -0.2) is 0 Å². The molecule has 0 aliphatic carbocycles. The highest BCUT2D eigenvalue weighted by Gasteiger charge is 1.92. The normalized spacial score (nSPS) is 11.2. The third-order valence-electron chi connectivity index (χ3n) is 1.44. The lowest BCUT2D eigenvalue weighted by Gasteiger charge is -1.98. The van der Waals surface area contributed by atoms with Crippen molar-refractivity contribution in [2.45, 2.75) is 0 Å². The monoisotopic (exact) mass is 256 g/mol. The fourth-order valence-electron chi connectivity index (χ4n) is 0.856. The molecule has 0 atom stereocenters. The fraction of sp³-hybridized carbons (Fsp3) is 0. The van der Waals surface area contributed by atoms with E-state index in [1.54, 1.807) is 0 Å². The van der Waals surface area contributed by atoms with Gasteiger partial charge in [-0.3, -0.25) is 0 Å². The largest absolute Gasteiger partial charge is 0.0984 e. The van der Waals surface area contributed by atoms with E-state index in [2.05, 4.69) is 41.3 Å².